The van der Waals surface area contributed by atoms with E-state index in [1.165, 1.54) is 0 Å². The van der Waals surface area contributed by atoms with Gasteiger partial charge in [0.1, 0.15) is 6.04 Å². The van der Waals surface area contributed by atoms with E-state index in [9.17, 15) is 9.59 Å². The molecule has 0 spiro atoms. The Labute approximate surface area is 120 Å². The molecule has 18 heavy (non-hydrogen) atoms. The molecule has 3 amide bonds. The number of primary amides is 1. The summed E-state index contributed by atoms with van der Waals surface area (Å²) in [5.74, 6) is -0.314. The average molecular weight is 361 g/mol. The number of amides is 3. The predicted octanol–water partition coefficient (Wildman–Crippen LogP) is 1.92. The van der Waals surface area contributed by atoms with Crippen LogP contribution in [-0.4, -0.2) is 18.0 Å². The number of nitrogens with one attached hydrogen (secondary N) is 2. The van der Waals surface area contributed by atoms with Crippen LogP contribution in [0.2, 0.25) is 0 Å². The van der Waals surface area contributed by atoms with Gasteiger partial charge in [-0.25, -0.2) is 4.79 Å². The second-order valence-corrected chi connectivity index (χ2v) is 5.48. The van der Waals surface area contributed by atoms with Gasteiger partial charge in [0.05, 0.1) is 0 Å². The molecular weight excluding hydrogens is 345 g/mol. The van der Waals surface area contributed by atoms with Gasteiger partial charge in [0.15, 0.2) is 0 Å². The molecule has 0 heterocycles. The summed E-state index contributed by atoms with van der Waals surface area (Å²) < 4.78 is 1.02. The van der Waals surface area contributed by atoms with Crippen molar-refractivity contribution in [1.29, 1.82) is 0 Å². The van der Waals surface area contributed by atoms with Crippen molar-refractivity contribution in [1.82, 2.24) is 5.32 Å². The van der Waals surface area contributed by atoms with Crippen LogP contribution in [0.25, 0.3) is 0 Å². The molecule has 0 bridgehead atoms. The first-order valence-corrected chi connectivity index (χ1v) is 6.60. The molecule has 0 aliphatic carbocycles. The number of benzene rings is 1. The lowest BCUT2D eigenvalue weighted by Crippen LogP contribution is -2.49. The zero-order valence-electron chi connectivity index (χ0n) is 10.2. The fourth-order valence-electron chi connectivity index (χ4n) is 1.47. The summed E-state index contributed by atoms with van der Waals surface area (Å²) in [5, 5.41) is 5.19. The Bertz CT molecular complexity index is 449. The number of halogens is 1. The Morgan fingerprint density at radius 3 is 2.50 bits per heavy atom. The Hall–Kier alpha value is -1.31. The zero-order chi connectivity index (χ0) is 13.7. The molecule has 0 aliphatic heterocycles. The lowest BCUT2D eigenvalue weighted by molar-refractivity contribution is -0.118. The fourth-order valence-corrected chi connectivity index (χ4v) is 2.02. The first kappa shape index (κ1) is 14.7. The Morgan fingerprint density at radius 1 is 1.33 bits per heavy atom. The van der Waals surface area contributed by atoms with Crippen molar-refractivity contribution in [2.45, 2.75) is 19.9 Å². The number of hydrogen-bond acceptors (Lipinski definition) is 2. The SMILES string of the molecule is CC(C)[C@@H](NC(N)=O)C(=O)Nc1cccc(I)c1. The van der Waals surface area contributed by atoms with Gasteiger partial charge in [-0.2, -0.15) is 0 Å². The van der Waals surface area contributed by atoms with Gasteiger partial charge in [0, 0.05) is 9.26 Å². The Balaban J connectivity index is 2.75. The molecule has 1 aromatic carbocycles. The molecule has 98 valence electrons. The van der Waals surface area contributed by atoms with Crippen molar-refractivity contribution in [3.63, 3.8) is 0 Å². The molecule has 0 unspecified atom stereocenters. The molecule has 6 heteroatoms. The first-order chi connectivity index (χ1) is 8.40. The molecule has 1 aromatic rings. The van der Waals surface area contributed by atoms with E-state index in [0.29, 0.717) is 5.69 Å². The highest BCUT2D eigenvalue weighted by molar-refractivity contribution is 14.1. The summed E-state index contributed by atoms with van der Waals surface area (Å²) in [5.41, 5.74) is 5.75. The maximum Gasteiger partial charge on any atom is 0.312 e. The molecular formula is C12H16IN3O2. The number of anilines is 1. The Morgan fingerprint density at radius 2 is 2.00 bits per heavy atom. The van der Waals surface area contributed by atoms with E-state index in [4.69, 9.17) is 5.73 Å². The maximum atomic E-state index is 12.0. The van der Waals surface area contributed by atoms with Crippen molar-refractivity contribution in [3.05, 3.63) is 27.8 Å². The van der Waals surface area contributed by atoms with Crippen molar-refractivity contribution in [2.24, 2.45) is 11.7 Å². The fraction of sp³-hybridized carbons (Fsp3) is 0.333. The Kier molecular flexibility index (Phi) is 5.39. The third-order valence-electron chi connectivity index (χ3n) is 2.34. The van der Waals surface area contributed by atoms with Gasteiger partial charge in [0.2, 0.25) is 5.91 Å². The van der Waals surface area contributed by atoms with Crippen LogP contribution in [0.15, 0.2) is 24.3 Å². The predicted molar refractivity (Wildman–Crippen MR) is 79.1 cm³/mol. The van der Waals surface area contributed by atoms with Crippen LogP contribution < -0.4 is 16.4 Å². The number of urea groups is 1. The summed E-state index contributed by atoms with van der Waals surface area (Å²) in [6.07, 6.45) is 0. The lowest BCUT2D eigenvalue weighted by atomic mass is 10.0. The van der Waals surface area contributed by atoms with Gasteiger partial charge in [0.25, 0.3) is 0 Å². The zero-order valence-corrected chi connectivity index (χ0v) is 12.4. The van der Waals surface area contributed by atoms with Crippen LogP contribution in [0.3, 0.4) is 0 Å². The third kappa shape index (κ3) is 4.52. The molecule has 4 N–H and O–H groups in total. The van der Waals surface area contributed by atoms with Crippen LogP contribution in [0.5, 0.6) is 0 Å². The van der Waals surface area contributed by atoms with Gasteiger partial charge in [-0.15, -0.1) is 0 Å². The smallest absolute Gasteiger partial charge is 0.312 e. The van der Waals surface area contributed by atoms with Crippen molar-refractivity contribution in [3.8, 4) is 0 Å². The quantitative estimate of drug-likeness (QED) is 0.716. The summed E-state index contributed by atoms with van der Waals surface area (Å²) in [7, 11) is 0. The highest BCUT2D eigenvalue weighted by Crippen LogP contribution is 2.13. The molecule has 0 aromatic heterocycles. The number of nitrogens with two attached hydrogens (primary N) is 1. The van der Waals surface area contributed by atoms with Gasteiger partial charge >= 0.3 is 6.03 Å². The highest BCUT2D eigenvalue weighted by Gasteiger charge is 2.23. The summed E-state index contributed by atoms with van der Waals surface area (Å²) in [6.45, 7) is 3.68. The first-order valence-electron chi connectivity index (χ1n) is 5.52. The molecule has 0 radical (unpaired) electrons. The van der Waals surface area contributed by atoms with E-state index >= 15 is 0 Å². The van der Waals surface area contributed by atoms with Gasteiger partial charge < -0.3 is 16.4 Å². The van der Waals surface area contributed by atoms with Gasteiger partial charge in [-0.1, -0.05) is 19.9 Å². The van der Waals surface area contributed by atoms with E-state index in [1.807, 2.05) is 32.0 Å². The van der Waals surface area contributed by atoms with Crippen LogP contribution in [-0.2, 0) is 4.79 Å². The van der Waals surface area contributed by atoms with Crippen LogP contribution in [0.4, 0.5) is 10.5 Å². The summed E-state index contributed by atoms with van der Waals surface area (Å²) in [6, 6.07) is 6.08. The topological polar surface area (TPSA) is 84.2 Å². The maximum absolute atomic E-state index is 12.0. The van der Waals surface area contributed by atoms with Gasteiger partial charge in [-0.05, 0) is 46.7 Å². The van der Waals surface area contributed by atoms with Crippen LogP contribution in [0, 0.1) is 9.49 Å². The molecule has 0 saturated heterocycles. The monoisotopic (exact) mass is 361 g/mol. The van der Waals surface area contributed by atoms with Gasteiger partial charge in [-0.3, -0.25) is 4.79 Å². The van der Waals surface area contributed by atoms with E-state index in [-0.39, 0.29) is 11.8 Å². The number of carbonyl (C=O) groups is 2. The van der Waals surface area contributed by atoms with E-state index in [1.54, 1.807) is 6.07 Å². The second kappa shape index (κ2) is 6.58. The largest absolute Gasteiger partial charge is 0.352 e. The molecule has 0 fully saturated rings. The normalized spacial score (nSPS) is 12.0. The molecule has 0 aliphatic rings. The number of rotatable bonds is 4. The average Bonchev–Trinajstić information content (AvgIpc) is 2.25. The molecule has 1 atom stereocenters. The highest BCUT2D eigenvalue weighted by atomic mass is 127. The van der Waals surface area contributed by atoms with E-state index < -0.39 is 12.1 Å². The van der Waals surface area contributed by atoms with E-state index in [2.05, 4.69) is 33.2 Å². The minimum Gasteiger partial charge on any atom is -0.352 e. The van der Waals surface area contributed by atoms with Crippen LogP contribution >= 0.6 is 22.6 Å². The van der Waals surface area contributed by atoms with Crippen molar-refractivity contribution in [2.75, 3.05) is 5.32 Å². The molecule has 0 saturated carbocycles. The van der Waals surface area contributed by atoms with E-state index in [0.717, 1.165) is 3.57 Å². The van der Waals surface area contributed by atoms with Crippen molar-refractivity contribution >= 4 is 40.2 Å². The minimum atomic E-state index is -0.702. The second-order valence-electron chi connectivity index (χ2n) is 4.23. The number of carbonyl (C=O) groups excluding carboxylic acids is 2. The summed E-state index contributed by atoms with van der Waals surface area (Å²) >= 11 is 2.16. The molecule has 5 nitrogen and oxygen atoms in total. The third-order valence-corrected chi connectivity index (χ3v) is 3.01. The van der Waals surface area contributed by atoms with Crippen LogP contribution in [0.1, 0.15) is 13.8 Å². The minimum absolute atomic E-state index is 0.0414. The standard InChI is InChI=1S/C12H16IN3O2/c1-7(2)10(16-12(14)18)11(17)15-9-5-3-4-8(13)6-9/h3-7,10H,1-2H3,(H,15,17)(H3,14,16,18)/t10-/m1/s1. The van der Waals surface area contributed by atoms with Crippen molar-refractivity contribution < 1.29 is 9.59 Å². The number of hydrogen-bond donors (Lipinski definition) is 3. The lowest BCUT2D eigenvalue weighted by Gasteiger charge is -2.20. The molecule has 1 rings (SSSR count). The summed E-state index contributed by atoms with van der Waals surface area (Å²) in [4.78, 5) is 22.9.